The molecule has 6 rings (SSSR count). The Morgan fingerprint density at radius 3 is 2.33 bits per heavy atom. The lowest BCUT2D eigenvalue weighted by Crippen LogP contribution is -2.36. The molecule has 0 atom stereocenters. The first-order valence-corrected chi connectivity index (χ1v) is 13.5. The largest absolute Gasteiger partial charge is 0.417 e. The quantitative estimate of drug-likeness (QED) is 0.297. The van der Waals surface area contributed by atoms with Crippen molar-refractivity contribution >= 4 is 27.8 Å². The Hall–Kier alpha value is -4.50. The Bertz CT molecular complexity index is 1960. The summed E-state index contributed by atoms with van der Waals surface area (Å²) >= 11 is 0. The molecule has 0 spiro atoms. The first-order valence-electron chi connectivity index (χ1n) is 13.5. The fraction of sp³-hybridized carbons (Fsp3) is 0.367. The average Bonchev–Trinajstić information content (AvgIpc) is 3.63. The molecule has 42 heavy (non-hydrogen) atoms. The standard InChI is InChI=1S/C30H30F3N7O2/c1-7-29(2,3)27-35-22-14-20(18-16-34-36(4)17-18)21(30(31,32)33)15-23(22)40(27)19-12-24-26(38(6)28(41)37(24)5)25(13-19)39-8-10-42-11-9-39/h1,12-17H,8-11H2,2-6H3. The number of hydrogen-bond donors (Lipinski definition) is 0. The molecule has 0 amide bonds. The number of terminal acetylenes is 1. The molecule has 5 aromatic rings. The van der Waals surface area contributed by atoms with Crippen LogP contribution in [0.2, 0.25) is 0 Å². The first-order chi connectivity index (χ1) is 19.8. The zero-order valence-electron chi connectivity index (χ0n) is 24.0. The minimum Gasteiger partial charge on any atom is -0.378 e. The number of hydrogen-bond acceptors (Lipinski definition) is 5. The van der Waals surface area contributed by atoms with Gasteiger partial charge >= 0.3 is 11.9 Å². The van der Waals surface area contributed by atoms with Crippen molar-refractivity contribution in [1.29, 1.82) is 0 Å². The smallest absolute Gasteiger partial charge is 0.378 e. The van der Waals surface area contributed by atoms with E-state index in [-0.39, 0.29) is 16.8 Å². The lowest BCUT2D eigenvalue weighted by atomic mass is 9.93. The lowest BCUT2D eigenvalue weighted by molar-refractivity contribution is -0.137. The van der Waals surface area contributed by atoms with Crippen LogP contribution in [0, 0.1) is 12.3 Å². The Kier molecular flexibility index (Phi) is 6.27. The van der Waals surface area contributed by atoms with E-state index >= 15 is 0 Å². The number of fused-ring (bicyclic) bond motifs is 2. The Balaban J connectivity index is 1.72. The fourth-order valence-corrected chi connectivity index (χ4v) is 5.69. The van der Waals surface area contributed by atoms with Crippen molar-refractivity contribution in [3.63, 3.8) is 0 Å². The highest BCUT2D eigenvalue weighted by Gasteiger charge is 2.36. The summed E-state index contributed by atoms with van der Waals surface area (Å²) in [6.07, 6.45) is 4.24. The molecule has 1 fully saturated rings. The van der Waals surface area contributed by atoms with Gasteiger partial charge in [-0.25, -0.2) is 9.78 Å². The second-order valence-corrected chi connectivity index (χ2v) is 11.2. The molecule has 218 valence electrons. The highest BCUT2D eigenvalue weighted by Crippen LogP contribution is 2.42. The number of halogens is 3. The predicted octanol–water partition coefficient (Wildman–Crippen LogP) is 4.38. The van der Waals surface area contributed by atoms with E-state index in [4.69, 9.17) is 16.1 Å². The average molecular weight is 578 g/mol. The minimum absolute atomic E-state index is 0.0206. The van der Waals surface area contributed by atoms with E-state index in [1.807, 2.05) is 6.07 Å². The van der Waals surface area contributed by atoms with E-state index in [9.17, 15) is 18.0 Å². The molecular weight excluding hydrogens is 547 g/mol. The normalized spacial score (nSPS) is 14.7. The first kappa shape index (κ1) is 27.7. The SMILES string of the molecule is C#CC(C)(C)c1nc2cc(-c3cnn(C)c3)c(C(F)(F)F)cc2n1-c1cc(N2CCOCC2)c2c(c1)n(C)c(=O)n2C. The molecule has 2 aromatic carbocycles. The zero-order valence-corrected chi connectivity index (χ0v) is 24.0. The molecule has 3 aromatic heterocycles. The number of morpholine rings is 1. The monoisotopic (exact) mass is 577 g/mol. The van der Waals surface area contributed by atoms with Crippen molar-refractivity contribution in [3.8, 4) is 29.2 Å². The van der Waals surface area contributed by atoms with Gasteiger partial charge in [0, 0.05) is 46.0 Å². The van der Waals surface area contributed by atoms with Crippen LogP contribution in [-0.4, -0.2) is 54.8 Å². The third kappa shape index (κ3) is 4.27. The summed E-state index contributed by atoms with van der Waals surface area (Å²) in [5.74, 6) is 3.16. The molecule has 0 saturated carbocycles. The molecule has 0 unspecified atom stereocenters. The van der Waals surface area contributed by atoms with Gasteiger partial charge in [-0.15, -0.1) is 6.42 Å². The fourth-order valence-electron chi connectivity index (χ4n) is 5.69. The van der Waals surface area contributed by atoms with Gasteiger partial charge in [0.05, 0.1) is 63.8 Å². The van der Waals surface area contributed by atoms with Gasteiger partial charge in [0.25, 0.3) is 0 Å². The molecule has 0 aliphatic carbocycles. The Labute approximate surface area is 239 Å². The van der Waals surface area contributed by atoms with Crippen molar-refractivity contribution < 1.29 is 17.9 Å². The van der Waals surface area contributed by atoms with Gasteiger partial charge in [0.2, 0.25) is 0 Å². The summed E-state index contributed by atoms with van der Waals surface area (Å²) in [7, 11) is 5.04. The molecule has 1 saturated heterocycles. The number of aromatic nitrogens is 6. The van der Waals surface area contributed by atoms with E-state index in [1.54, 1.807) is 50.2 Å². The van der Waals surface area contributed by atoms with Crippen LogP contribution in [0.15, 0.2) is 41.5 Å². The van der Waals surface area contributed by atoms with Crippen molar-refractivity contribution in [2.75, 3.05) is 31.2 Å². The van der Waals surface area contributed by atoms with Crippen LogP contribution in [0.25, 0.3) is 38.9 Å². The van der Waals surface area contributed by atoms with Crippen LogP contribution in [-0.2, 0) is 37.5 Å². The van der Waals surface area contributed by atoms with Gasteiger partial charge in [-0.2, -0.15) is 18.3 Å². The van der Waals surface area contributed by atoms with Crippen LogP contribution in [0.3, 0.4) is 0 Å². The van der Waals surface area contributed by atoms with Gasteiger partial charge in [0.15, 0.2) is 0 Å². The lowest BCUT2D eigenvalue weighted by Gasteiger charge is -2.30. The molecule has 9 nitrogen and oxygen atoms in total. The molecule has 0 bridgehead atoms. The van der Waals surface area contributed by atoms with Crippen LogP contribution in [0.5, 0.6) is 0 Å². The van der Waals surface area contributed by atoms with E-state index in [1.165, 1.54) is 27.7 Å². The van der Waals surface area contributed by atoms with Crippen molar-refractivity contribution in [2.24, 2.45) is 21.1 Å². The van der Waals surface area contributed by atoms with E-state index in [0.29, 0.717) is 54.4 Å². The number of imidazole rings is 2. The van der Waals surface area contributed by atoms with Crippen LogP contribution < -0.4 is 10.6 Å². The summed E-state index contributed by atoms with van der Waals surface area (Å²) in [5, 5.41) is 4.07. The number of rotatable bonds is 4. The molecular formula is C30H30F3N7O2. The van der Waals surface area contributed by atoms with Crippen molar-refractivity contribution in [3.05, 3.63) is 58.5 Å². The van der Waals surface area contributed by atoms with E-state index in [0.717, 1.165) is 17.3 Å². The third-order valence-electron chi connectivity index (χ3n) is 7.97. The van der Waals surface area contributed by atoms with Gasteiger partial charge in [0.1, 0.15) is 5.82 Å². The summed E-state index contributed by atoms with van der Waals surface area (Å²) in [6.45, 7) is 5.83. The Morgan fingerprint density at radius 1 is 1.00 bits per heavy atom. The van der Waals surface area contributed by atoms with Gasteiger partial charge in [-0.3, -0.25) is 18.4 Å². The topological polar surface area (TPSA) is 75.0 Å². The number of anilines is 1. The highest BCUT2D eigenvalue weighted by molar-refractivity contribution is 5.94. The molecule has 12 heteroatoms. The van der Waals surface area contributed by atoms with Crippen molar-refractivity contribution in [2.45, 2.75) is 25.4 Å². The van der Waals surface area contributed by atoms with Crippen molar-refractivity contribution in [1.82, 2.24) is 28.5 Å². The number of alkyl halides is 3. The second kappa shape index (κ2) is 9.52. The minimum atomic E-state index is -4.65. The van der Waals surface area contributed by atoms with Crippen LogP contribution in [0.1, 0.15) is 25.2 Å². The molecule has 1 aliphatic rings. The maximum Gasteiger partial charge on any atom is 0.417 e. The van der Waals surface area contributed by atoms with Crippen LogP contribution >= 0.6 is 0 Å². The Morgan fingerprint density at radius 2 is 1.71 bits per heavy atom. The number of ether oxygens (including phenoxy) is 1. The summed E-state index contributed by atoms with van der Waals surface area (Å²) in [4.78, 5) is 20.0. The van der Waals surface area contributed by atoms with Gasteiger partial charge < -0.3 is 9.64 Å². The molecule has 1 aliphatic heterocycles. The number of nitrogens with zero attached hydrogens (tertiary/aromatic N) is 7. The third-order valence-corrected chi connectivity index (χ3v) is 7.97. The summed E-state index contributed by atoms with van der Waals surface area (Å²) in [6, 6.07) is 6.28. The predicted molar refractivity (Wildman–Crippen MR) is 155 cm³/mol. The maximum absolute atomic E-state index is 14.6. The van der Waals surface area contributed by atoms with Crippen LogP contribution in [0.4, 0.5) is 18.9 Å². The summed E-state index contributed by atoms with van der Waals surface area (Å²) in [5.41, 5.74) is 1.64. The second-order valence-electron chi connectivity index (χ2n) is 11.2. The van der Waals surface area contributed by atoms with E-state index < -0.39 is 17.2 Å². The maximum atomic E-state index is 14.6. The molecule has 4 heterocycles. The highest BCUT2D eigenvalue weighted by atomic mass is 19.4. The van der Waals surface area contributed by atoms with Gasteiger partial charge in [-0.1, -0.05) is 5.92 Å². The zero-order chi connectivity index (χ0) is 30.1. The molecule has 0 radical (unpaired) electrons. The summed E-state index contributed by atoms with van der Waals surface area (Å²) < 4.78 is 55.6. The van der Waals surface area contributed by atoms with Gasteiger partial charge in [-0.05, 0) is 43.7 Å². The van der Waals surface area contributed by atoms with E-state index in [2.05, 4.69) is 15.9 Å². The molecule has 0 N–H and O–H groups in total. The number of benzene rings is 2. The number of aryl methyl sites for hydroxylation is 3.